The Labute approximate surface area is 117 Å². The van der Waals surface area contributed by atoms with Crippen LogP contribution >= 0.6 is 0 Å². The van der Waals surface area contributed by atoms with Crippen molar-refractivity contribution in [3.63, 3.8) is 0 Å². The smallest absolute Gasteiger partial charge is 0.119 e. The van der Waals surface area contributed by atoms with Crippen LogP contribution in [0.4, 0.5) is 0 Å². The molecule has 0 aliphatic rings. The van der Waals surface area contributed by atoms with E-state index in [1.807, 2.05) is 6.92 Å². The van der Waals surface area contributed by atoms with Crippen LogP contribution in [0.15, 0.2) is 24.3 Å². The van der Waals surface area contributed by atoms with Crippen LogP contribution in [0.25, 0.3) is 0 Å². The summed E-state index contributed by atoms with van der Waals surface area (Å²) in [6, 6.07) is 8.44. The maximum Gasteiger partial charge on any atom is 0.119 e. The molecule has 1 rings (SSSR count). The summed E-state index contributed by atoms with van der Waals surface area (Å²) in [7, 11) is 0. The molecule has 108 valence electrons. The van der Waals surface area contributed by atoms with Gasteiger partial charge in [-0.3, -0.25) is 0 Å². The molecule has 0 spiro atoms. The molecule has 0 unspecified atom stereocenters. The molecule has 1 aromatic rings. The summed E-state index contributed by atoms with van der Waals surface area (Å²) in [5, 5.41) is 6.82. The first-order valence-electron chi connectivity index (χ1n) is 7.25. The first-order valence-corrected chi connectivity index (χ1v) is 7.25. The SMILES string of the molecule is CCNCCNCC(C)(C)c1ccc(OCC)cc1. The van der Waals surface area contributed by atoms with Crippen molar-refractivity contribution >= 4 is 0 Å². The van der Waals surface area contributed by atoms with Gasteiger partial charge in [-0.15, -0.1) is 0 Å². The van der Waals surface area contributed by atoms with Gasteiger partial charge in [0.05, 0.1) is 6.61 Å². The maximum absolute atomic E-state index is 5.48. The fourth-order valence-corrected chi connectivity index (χ4v) is 2.03. The monoisotopic (exact) mass is 264 g/mol. The van der Waals surface area contributed by atoms with Crippen LogP contribution in [0.3, 0.4) is 0 Å². The third-order valence-corrected chi connectivity index (χ3v) is 3.24. The quantitative estimate of drug-likeness (QED) is 0.673. The van der Waals surface area contributed by atoms with Gasteiger partial charge in [-0.05, 0) is 31.2 Å². The van der Waals surface area contributed by atoms with Gasteiger partial charge in [-0.1, -0.05) is 32.9 Å². The number of benzene rings is 1. The van der Waals surface area contributed by atoms with Gasteiger partial charge >= 0.3 is 0 Å². The highest BCUT2D eigenvalue weighted by molar-refractivity contribution is 5.31. The zero-order valence-corrected chi connectivity index (χ0v) is 12.8. The molecule has 0 radical (unpaired) electrons. The van der Waals surface area contributed by atoms with E-state index in [4.69, 9.17) is 4.74 Å². The largest absolute Gasteiger partial charge is 0.494 e. The summed E-state index contributed by atoms with van der Waals surface area (Å²) < 4.78 is 5.48. The van der Waals surface area contributed by atoms with Crippen LogP contribution in [0.2, 0.25) is 0 Å². The highest BCUT2D eigenvalue weighted by atomic mass is 16.5. The molecule has 2 N–H and O–H groups in total. The molecular formula is C16H28N2O. The van der Waals surface area contributed by atoms with Gasteiger partial charge in [0.1, 0.15) is 5.75 Å². The van der Waals surface area contributed by atoms with E-state index in [2.05, 4.69) is 55.7 Å². The Morgan fingerprint density at radius 2 is 1.63 bits per heavy atom. The van der Waals surface area contributed by atoms with Gasteiger partial charge in [0.15, 0.2) is 0 Å². The lowest BCUT2D eigenvalue weighted by molar-refractivity contribution is 0.340. The molecule has 0 saturated carbocycles. The molecule has 0 saturated heterocycles. The van der Waals surface area contributed by atoms with Crippen molar-refractivity contribution in [3.8, 4) is 5.75 Å². The second-order valence-electron chi connectivity index (χ2n) is 5.37. The fraction of sp³-hybridized carbons (Fsp3) is 0.625. The molecule has 0 aromatic heterocycles. The second kappa shape index (κ2) is 8.18. The number of hydrogen-bond donors (Lipinski definition) is 2. The summed E-state index contributed by atoms with van der Waals surface area (Å²) >= 11 is 0. The van der Waals surface area contributed by atoms with Gasteiger partial charge in [0, 0.05) is 25.0 Å². The number of ether oxygens (including phenoxy) is 1. The average molecular weight is 264 g/mol. The van der Waals surface area contributed by atoms with Crippen LogP contribution in [-0.2, 0) is 5.41 Å². The van der Waals surface area contributed by atoms with Crippen LogP contribution in [-0.4, -0.2) is 32.8 Å². The van der Waals surface area contributed by atoms with E-state index >= 15 is 0 Å². The Morgan fingerprint density at radius 3 is 2.21 bits per heavy atom. The molecule has 19 heavy (non-hydrogen) atoms. The van der Waals surface area contributed by atoms with E-state index in [9.17, 15) is 0 Å². The molecule has 0 fully saturated rings. The minimum Gasteiger partial charge on any atom is -0.494 e. The van der Waals surface area contributed by atoms with Crippen molar-refractivity contribution < 1.29 is 4.74 Å². The standard InChI is InChI=1S/C16H28N2O/c1-5-17-11-12-18-13-16(3,4)14-7-9-15(10-8-14)19-6-2/h7-10,17-18H,5-6,11-13H2,1-4H3. The lowest BCUT2D eigenvalue weighted by Crippen LogP contribution is -2.36. The molecule has 0 bridgehead atoms. The van der Waals surface area contributed by atoms with Gasteiger partial charge < -0.3 is 15.4 Å². The maximum atomic E-state index is 5.48. The van der Waals surface area contributed by atoms with E-state index in [1.54, 1.807) is 0 Å². The minimum absolute atomic E-state index is 0.136. The Kier molecular flexibility index (Phi) is 6.89. The summed E-state index contributed by atoms with van der Waals surface area (Å²) in [4.78, 5) is 0. The van der Waals surface area contributed by atoms with Gasteiger partial charge in [0.25, 0.3) is 0 Å². The topological polar surface area (TPSA) is 33.3 Å². The molecule has 1 aromatic carbocycles. The third kappa shape index (κ3) is 5.62. The molecule has 0 amide bonds. The molecule has 0 heterocycles. The predicted molar refractivity (Wildman–Crippen MR) is 82.1 cm³/mol. The summed E-state index contributed by atoms with van der Waals surface area (Å²) in [5.41, 5.74) is 1.48. The Bertz CT molecular complexity index is 346. The van der Waals surface area contributed by atoms with Crippen LogP contribution in [0.5, 0.6) is 5.75 Å². The van der Waals surface area contributed by atoms with E-state index in [-0.39, 0.29) is 5.41 Å². The lowest BCUT2D eigenvalue weighted by Gasteiger charge is -2.26. The zero-order valence-electron chi connectivity index (χ0n) is 12.8. The highest BCUT2D eigenvalue weighted by Crippen LogP contribution is 2.24. The molecule has 0 aliphatic carbocycles. The van der Waals surface area contributed by atoms with E-state index in [1.165, 1.54) is 5.56 Å². The van der Waals surface area contributed by atoms with Crippen molar-refractivity contribution in [2.24, 2.45) is 0 Å². The number of nitrogens with one attached hydrogen (secondary N) is 2. The Hall–Kier alpha value is -1.06. The van der Waals surface area contributed by atoms with Crippen LogP contribution in [0.1, 0.15) is 33.3 Å². The predicted octanol–water partition coefficient (Wildman–Crippen LogP) is 2.56. The first kappa shape index (κ1) is 16.0. The van der Waals surface area contributed by atoms with Crippen molar-refractivity contribution in [2.45, 2.75) is 33.1 Å². The third-order valence-electron chi connectivity index (χ3n) is 3.24. The summed E-state index contributed by atoms with van der Waals surface area (Å²) in [6.45, 7) is 13.4. The number of rotatable bonds is 9. The van der Waals surface area contributed by atoms with Gasteiger partial charge in [-0.2, -0.15) is 0 Å². The van der Waals surface area contributed by atoms with Crippen molar-refractivity contribution in [2.75, 3.05) is 32.8 Å². The summed E-state index contributed by atoms with van der Waals surface area (Å²) in [5.74, 6) is 0.946. The number of hydrogen-bond acceptors (Lipinski definition) is 3. The molecular weight excluding hydrogens is 236 g/mol. The second-order valence-corrected chi connectivity index (χ2v) is 5.37. The lowest BCUT2D eigenvalue weighted by atomic mass is 9.84. The van der Waals surface area contributed by atoms with E-state index in [0.717, 1.165) is 31.9 Å². The zero-order chi connectivity index (χ0) is 14.1. The normalized spacial score (nSPS) is 11.6. The van der Waals surface area contributed by atoms with Crippen LogP contribution < -0.4 is 15.4 Å². The Balaban J connectivity index is 2.46. The van der Waals surface area contributed by atoms with Crippen LogP contribution in [0, 0.1) is 0 Å². The molecule has 3 nitrogen and oxygen atoms in total. The first-order chi connectivity index (χ1) is 9.10. The van der Waals surface area contributed by atoms with Crippen molar-refractivity contribution in [1.29, 1.82) is 0 Å². The van der Waals surface area contributed by atoms with E-state index in [0.29, 0.717) is 6.61 Å². The molecule has 0 aliphatic heterocycles. The highest BCUT2D eigenvalue weighted by Gasteiger charge is 2.19. The summed E-state index contributed by atoms with van der Waals surface area (Å²) in [6.07, 6.45) is 0. The fourth-order valence-electron chi connectivity index (χ4n) is 2.03. The van der Waals surface area contributed by atoms with Crippen molar-refractivity contribution in [1.82, 2.24) is 10.6 Å². The molecule has 0 atom stereocenters. The van der Waals surface area contributed by atoms with Gasteiger partial charge in [-0.25, -0.2) is 0 Å². The number of likely N-dealkylation sites (N-methyl/N-ethyl adjacent to an activating group) is 1. The Morgan fingerprint density at radius 1 is 1.00 bits per heavy atom. The van der Waals surface area contributed by atoms with Crippen molar-refractivity contribution in [3.05, 3.63) is 29.8 Å². The molecule has 3 heteroatoms. The van der Waals surface area contributed by atoms with E-state index < -0.39 is 0 Å². The minimum atomic E-state index is 0.136. The average Bonchev–Trinajstić information content (AvgIpc) is 2.39. The van der Waals surface area contributed by atoms with Gasteiger partial charge in [0.2, 0.25) is 0 Å².